The Balaban J connectivity index is 1.52. The zero-order valence-corrected chi connectivity index (χ0v) is 21.2. The molecule has 4 aromatic rings. The van der Waals surface area contributed by atoms with Gasteiger partial charge in [0.1, 0.15) is 6.04 Å². The van der Waals surface area contributed by atoms with Crippen molar-refractivity contribution in [2.45, 2.75) is 25.5 Å². The lowest BCUT2D eigenvalue weighted by molar-refractivity contribution is -0.121. The van der Waals surface area contributed by atoms with Crippen LogP contribution >= 0.6 is 11.6 Å². The number of benzene rings is 3. The van der Waals surface area contributed by atoms with Gasteiger partial charge < -0.3 is 20.2 Å². The van der Waals surface area contributed by atoms with Gasteiger partial charge in [0.15, 0.2) is 12.4 Å². The lowest BCUT2D eigenvalue weighted by Gasteiger charge is -2.16. The summed E-state index contributed by atoms with van der Waals surface area (Å²) in [5.41, 5.74) is 3.81. The smallest absolute Gasteiger partial charge is 0.251 e. The molecule has 0 radical (unpaired) electrons. The van der Waals surface area contributed by atoms with Crippen molar-refractivity contribution < 1.29 is 23.5 Å². The minimum atomic E-state index is -1.08. The molecule has 1 atom stereocenters. The van der Waals surface area contributed by atoms with E-state index in [-0.39, 0.29) is 19.1 Å². The summed E-state index contributed by atoms with van der Waals surface area (Å²) in [6, 6.07) is 21.2. The maximum absolute atomic E-state index is 13.3. The van der Waals surface area contributed by atoms with Gasteiger partial charge in [-0.05, 0) is 65.9 Å². The molecular weight excluding hydrogens is 509 g/mol. The monoisotopic (exact) mass is 535 g/mol. The van der Waals surface area contributed by atoms with E-state index in [0.29, 0.717) is 35.1 Å². The first-order valence-electron chi connectivity index (χ1n) is 12.1. The highest BCUT2D eigenvalue weighted by atomic mass is 35.5. The molecule has 4 rings (SSSR count). The van der Waals surface area contributed by atoms with Crippen LogP contribution in [0.25, 0.3) is 22.5 Å². The molecule has 0 aliphatic rings. The lowest BCUT2D eigenvalue weighted by Crippen LogP contribution is -2.30. The van der Waals surface area contributed by atoms with Crippen LogP contribution in [0.15, 0.2) is 83.4 Å². The Morgan fingerprint density at radius 2 is 1.74 bits per heavy atom. The summed E-state index contributed by atoms with van der Waals surface area (Å²) in [6.45, 7) is -0.870. The third kappa shape index (κ3) is 7.06. The molecule has 3 aromatic carbocycles. The number of hydrogen-bond acceptors (Lipinski definition) is 5. The molecule has 1 heterocycles. The molecule has 3 N–H and O–H groups in total. The fraction of sp³-hybridized carbons (Fsp3) is 0.207. The molecule has 0 fully saturated rings. The van der Waals surface area contributed by atoms with E-state index in [0.717, 1.165) is 22.3 Å². The molecule has 0 aliphatic carbocycles. The van der Waals surface area contributed by atoms with E-state index in [1.807, 2.05) is 42.5 Å². The van der Waals surface area contributed by atoms with Gasteiger partial charge in [0.25, 0.3) is 11.8 Å². The number of oxazole rings is 1. The maximum Gasteiger partial charge on any atom is 0.251 e. The second-order valence-corrected chi connectivity index (χ2v) is 9.09. The number of nitrogens with zero attached hydrogens (tertiary/aromatic N) is 1. The number of nitrogens with one attached hydrogen (secondary N) is 2. The Kier molecular flexibility index (Phi) is 9.24. The van der Waals surface area contributed by atoms with Crippen molar-refractivity contribution in [3.8, 4) is 22.5 Å². The maximum atomic E-state index is 13.3. The normalized spacial score (nSPS) is 11.7. The number of aliphatic hydroxyl groups excluding tert-OH is 1. The van der Waals surface area contributed by atoms with Crippen molar-refractivity contribution >= 4 is 23.4 Å². The van der Waals surface area contributed by atoms with E-state index in [9.17, 15) is 19.1 Å². The number of aliphatic hydroxyl groups is 1. The van der Waals surface area contributed by atoms with Gasteiger partial charge in [-0.15, -0.1) is 0 Å². The Hall–Kier alpha value is -4.01. The summed E-state index contributed by atoms with van der Waals surface area (Å²) in [7, 11) is 0. The minimum absolute atomic E-state index is 0.0396. The quantitative estimate of drug-likeness (QED) is 0.220. The Bertz CT molecular complexity index is 1370. The molecule has 0 aliphatic heterocycles. The molecule has 0 spiro atoms. The fourth-order valence-corrected chi connectivity index (χ4v) is 4.05. The molecule has 38 heavy (non-hydrogen) atoms. The third-order valence-electron chi connectivity index (χ3n) is 5.96. The van der Waals surface area contributed by atoms with E-state index < -0.39 is 18.6 Å². The van der Waals surface area contributed by atoms with Crippen LogP contribution in [0.2, 0.25) is 5.02 Å². The molecule has 0 saturated heterocycles. The zero-order valence-electron chi connectivity index (χ0n) is 20.5. The van der Waals surface area contributed by atoms with Crippen LogP contribution in [0.5, 0.6) is 0 Å². The van der Waals surface area contributed by atoms with Gasteiger partial charge in [0.05, 0.1) is 12.8 Å². The molecule has 7 nitrogen and oxygen atoms in total. The average Bonchev–Trinajstić information content (AvgIpc) is 3.45. The number of rotatable bonds is 11. The van der Waals surface area contributed by atoms with Crippen molar-refractivity contribution in [3.05, 3.63) is 101 Å². The van der Waals surface area contributed by atoms with Gasteiger partial charge in [0.2, 0.25) is 5.89 Å². The number of aromatic nitrogens is 1. The van der Waals surface area contributed by atoms with Gasteiger partial charge >= 0.3 is 0 Å². The Labute approximate surface area is 224 Å². The molecular formula is C29H27ClFN3O4. The number of alkyl halides is 1. The highest BCUT2D eigenvalue weighted by Crippen LogP contribution is 2.27. The van der Waals surface area contributed by atoms with Crippen LogP contribution < -0.4 is 10.6 Å². The molecule has 1 aromatic heterocycles. The van der Waals surface area contributed by atoms with Gasteiger partial charge in [-0.1, -0.05) is 48.0 Å². The van der Waals surface area contributed by atoms with Crippen LogP contribution in [0, 0.1) is 0 Å². The van der Waals surface area contributed by atoms with Crippen LogP contribution in [-0.4, -0.2) is 35.1 Å². The largest absolute Gasteiger partial charge is 0.438 e. The highest BCUT2D eigenvalue weighted by Gasteiger charge is 2.21. The van der Waals surface area contributed by atoms with Crippen molar-refractivity contribution in [2.75, 3.05) is 13.2 Å². The predicted molar refractivity (Wildman–Crippen MR) is 143 cm³/mol. The molecule has 2 amide bonds. The molecule has 0 saturated carbocycles. The average molecular weight is 536 g/mol. The Morgan fingerprint density at radius 1 is 1.00 bits per heavy atom. The van der Waals surface area contributed by atoms with E-state index in [1.165, 1.54) is 0 Å². The van der Waals surface area contributed by atoms with Crippen molar-refractivity contribution in [2.24, 2.45) is 0 Å². The van der Waals surface area contributed by atoms with Crippen molar-refractivity contribution in [1.82, 2.24) is 15.6 Å². The lowest BCUT2D eigenvalue weighted by atomic mass is 10.0. The summed E-state index contributed by atoms with van der Waals surface area (Å²) in [4.78, 5) is 28.9. The third-order valence-corrected chi connectivity index (χ3v) is 6.22. The first-order chi connectivity index (χ1) is 18.5. The second-order valence-electron chi connectivity index (χ2n) is 8.66. The molecule has 9 heteroatoms. The topological polar surface area (TPSA) is 104 Å². The highest BCUT2D eigenvalue weighted by molar-refractivity contribution is 6.30. The van der Waals surface area contributed by atoms with E-state index >= 15 is 0 Å². The summed E-state index contributed by atoms with van der Waals surface area (Å²) in [6.07, 6.45) is 2.45. The number of halogens is 2. The Morgan fingerprint density at radius 3 is 2.45 bits per heavy atom. The summed E-state index contributed by atoms with van der Waals surface area (Å²) in [5, 5.41) is 15.4. The van der Waals surface area contributed by atoms with Gasteiger partial charge in [-0.3, -0.25) is 9.59 Å². The second kappa shape index (κ2) is 13.0. The van der Waals surface area contributed by atoms with Crippen LogP contribution in [-0.2, 0) is 11.4 Å². The SMILES string of the molecule is O=C(CF)NCCC[C@H](NC(=O)c1cccc(-c2ccc(CO)cc2)c1)c1ncc(-c2ccc(Cl)cc2)o1. The fourth-order valence-electron chi connectivity index (χ4n) is 3.92. The minimum Gasteiger partial charge on any atom is -0.438 e. The predicted octanol–water partition coefficient (Wildman–Crippen LogP) is 5.49. The number of amides is 2. The van der Waals surface area contributed by atoms with E-state index in [1.54, 1.807) is 36.5 Å². The first-order valence-corrected chi connectivity index (χ1v) is 12.5. The summed E-state index contributed by atoms with van der Waals surface area (Å²) >= 11 is 5.98. The van der Waals surface area contributed by atoms with Gasteiger partial charge in [0, 0.05) is 22.7 Å². The van der Waals surface area contributed by atoms with Crippen molar-refractivity contribution in [1.29, 1.82) is 0 Å². The number of hydrogen-bond donors (Lipinski definition) is 3. The van der Waals surface area contributed by atoms with Crippen LogP contribution in [0.4, 0.5) is 4.39 Å². The summed E-state index contributed by atoms with van der Waals surface area (Å²) < 4.78 is 18.5. The van der Waals surface area contributed by atoms with Crippen LogP contribution in [0.3, 0.4) is 0 Å². The van der Waals surface area contributed by atoms with E-state index in [2.05, 4.69) is 15.6 Å². The molecule has 0 unspecified atom stereocenters. The van der Waals surface area contributed by atoms with Crippen LogP contribution in [0.1, 0.15) is 40.7 Å². The van der Waals surface area contributed by atoms with Gasteiger partial charge in [-0.2, -0.15) is 0 Å². The zero-order chi connectivity index (χ0) is 26.9. The first kappa shape index (κ1) is 27.0. The standard InChI is InChI=1S/C29H27ClFN3O4/c30-24-12-10-21(11-13-24)26-17-33-29(38-26)25(5-2-14-32-27(36)16-31)34-28(37)23-4-1-3-22(15-23)20-8-6-19(18-35)7-9-20/h1,3-4,6-13,15,17,25,35H,2,5,14,16,18H2,(H,32,36)(H,34,37)/t25-/m0/s1. The number of carbonyl (C=O) groups excluding carboxylic acids is 2. The van der Waals surface area contributed by atoms with Crippen molar-refractivity contribution in [3.63, 3.8) is 0 Å². The van der Waals surface area contributed by atoms with E-state index in [4.69, 9.17) is 16.0 Å². The molecule has 0 bridgehead atoms. The molecule has 196 valence electrons. The summed E-state index contributed by atoms with van der Waals surface area (Å²) in [5.74, 6) is -0.163. The number of carbonyl (C=O) groups is 2. The van der Waals surface area contributed by atoms with Gasteiger partial charge in [-0.25, -0.2) is 9.37 Å².